The lowest BCUT2D eigenvalue weighted by Crippen LogP contribution is -2.42. The number of rotatable bonds is 8. The van der Waals surface area contributed by atoms with E-state index in [4.69, 9.17) is 19.8 Å². The maximum atomic E-state index is 13.5. The molecule has 4 rings (SSSR count). The first-order valence-electron chi connectivity index (χ1n) is 12.4. The Labute approximate surface area is 217 Å². The minimum Gasteiger partial charge on any atom is -0.473 e. The van der Waals surface area contributed by atoms with Crippen molar-refractivity contribution >= 4 is 17.8 Å². The van der Waals surface area contributed by atoms with Crippen molar-refractivity contribution in [2.75, 3.05) is 19.6 Å². The van der Waals surface area contributed by atoms with Gasteiger partial charge in [-0.2, -0.15) is 0 Å². The van der Waals surface area contributed by atoms with E-state index in [9.17, 15) is 4.79 Å². The highest BCUT2D eigenvalue weighted by Crippen LogP contribution is 2.22. The fourth-order valence-electron chi connectivity index (χ4n) is 4.33. The third kappa shape index (κ3) is 9.50. The van der Waals surface area contributed by atoms with E-state index in [-0.39, 0.29) is 5.92 Å². The minimum atomic E-state index is -1.82. The van der Waals surface area contributed by atoms with Gasteiger partial charge in [-0.05, 0) is 55.1 Å². The zero-order chi connectivity index (χ0) is 26.5. The molecule has 3 aromatic rings. The van der Waals surface area contributed by atoms with Crippen LogP contribution in [-0.4, -0.2) is 62.5 Å². The third-order valence-corrected chi connectivity index (χ3v) is 6.29. The van der Waals surface area contributed by atoms with Crippen molar-refractivity contribution < 1.29 is 24.6 Å². The van der Waals surface area contributed by atoms with Crippen molar-refractivity contribution in [3.63, 3.8) is 0 Å². The van der Waals surface area contributed by atoms with Crippen molar-refractivity contribution in [1.29, 1.82) is 0 Å². The molecule has 1 aromatic heterocycles. The number of likely N-dealkylation sites (tertiary alicyclic amines) is 1. The Bertz CT molecular complexity index is 1110. The molecule has 1 aliphatic rings. The summed E-state index contributed by atoms with van der Waals surface area (Å²) in [5.41, 5.74) is 3.71. The smallest absolute Gasteiger partial charge is 0.414 e. The van der Waals surface area contributed by atoms with Gasteiger partial charge in [0, 0.05) is 37.9 Å². The van der Waals surface area contributed by atoms with Gasteiger partial charge in [0.15, 0.2) is 0 Å². The Kier molecular flexibility index (Phi) is 10.8. The summed E-state index contributed by atoms with van der Waals surface area (Å²) in [6, 6.07) is 24.9. The lowest BCUT2D eigenvalue weighted by Gasteiger charge is -2.34. The molecule has 0 atom stereocenters. The van der Waals surface area contributed by atoms with Crippen LogP contribution in [0.5, 0.6) is 0 Å². The van der Waals surface area contributed by atoms with Gasteiger partial charge in [0.1, 0.15) is 0 Å². The van der Waals surface area contributed by atoms with E-state index < -0.39 is 11.9 Å². The van der Waals surface area contributed by atoms with Crippen LogP contribution in [0.25, 0.3) is 0 Å². The van der Waals surface area contributed by atoms with Gasteiger partial charge in [0.25, 0.3) is 0 Å². The lowest BCUT2D eigenvalue weighted by atomic mass is 9.94. The molecule has 2 aromatic carbocycles. The molecule has 1 amide bonds. The fourth-order valence-corrected chi connectivity index (χ4v) is 4.33. The molecule has 2 N–H and O–H groups in total. The van der Waals surface area contributed by atoms with Gasteiger partial charge < -0.3 is 15.1 Å². The van der Waals surface area contributed by atoms with Crippen molar-refractivity contribution in [1.82, 2.24) is 14.8 Å². The standard InChI is InChI=1S/C27H31N3O.C2H2O4/c31-27(26-14-17-29(18-15-26)21-25-12-7-16-28-20-25)30(22-24-10-5-2-6-11-24)19-13-23-8-3-1-4-9-23;3-1(4)2(5)6/h1-12,16,20,26H,13-15,17-19,21-22H2;(H,3,4)(H,5,6). The van der Waals surface area contributed by atoms with Crippen LogP contribution in [-0.2, 0) is 33.9 Å². The molecule has 1 aliphatic heterocycles. The number of carboxylic acids is 2. The van der Waals surface area contributed by atoms with E-state index in [0.29, 0.717) is 12.5 Å². The van der Waals surface area contributed by atoms with Gasteiger partial charge in [0.05, 0.1) is 0 Å². The number of aromatic nitrogens is 1. The van der Waals surface area contributed by atoms with Crippen LogP contribution in [0, 0.1) is 5.92 Å². The molecule has 0 aliphatic carbocycles. The monoisotopic (exact) mass is 503 g/mol. The van der Waals surface area contributed by atoms with E-state index in [0.717, 1.165) is 45.4 Å². The number of hydrogen-bond donors (Lipinski definition) is 2. The van der Waals surface area contributed by atoms with Crippen molar-refractivity contribution in [2.45, 2.75) is 32.4 Å². The number of pyridine rings is 1. The first kappa shape index (κ1) is 27.5. The lowest BCUT2D eigenvalue weighted by molar-refractivity contribution is -0.159. The number of benzene rings is 2. The van der Waals surface area contributed by atoms with Gasteiger partial charge in [-0.1, -0.05) is 66.7 Å². The summed E-state index contributed by atoms with van der Waals surface area (Å²) in [6.45, 7) is 4.28. The van der Waals surface area contributed by atoms with E-state index in [1.54, 1.807) is 0 Å². The summed E-state index contributed by atoms with van der Waals surface area (Å²) in [4.78, 5) is 40.4. The molecule has 0 spiro atoms. The summed E-state index contributed by atoms with van der Waals surface area (Å²) in [5, 5.41) is 14.8. The SMILES string of the molecule is O=C(C1CCN(Cc2cccnc2)CC1)N(CCc1ccccc1)Cc1ccccc1.O=C(O)C(=O)O. The summed E-state index contributed by atoms with van der Waals surface area (Å²) in [6.07, 6.45) is 6.48. The van der Waals surface area contributed by atoms with Crippen LogP contribution >= 0.6 is 0 Å². The van der Waals surface area contributed by atoms with Crippen LogP contribution in [0.4, 0.5) is 0 Å². The number of aliphatic carboxylic acids is 2. The molecule has 37 heavy (non-hydrogen) atoms. The average molecular weight is 504 g/mol. The van der Waals surface area contributed by atoms with Crippen LogP contribution in [0.3, 0.4) is 0 Å². The van der Waals surface area contributed by atoms with Gasteiger partial charge in [-0.15, -0.1) is 0 Å². The quantitative estimate of drug-likeness (QED) is 0.451. The van der Waals surface area contributed by atoms with Crippen molar-refractivity contribution in [3.05, 3.63) is 102 Å². The van der Waals surface area contributed by atoms with Gasteiger partial charge in [0.2, 0.25) is 5.91 Å². The zero-order valence-corrected chi connectivity index (χ0v) is 20.8. The molecule has 0 unspecified atom stereocenters. The van der Waals surface area contributed by atoms with Crippen LogP contribution in [0.15, 0.2) is 85.2 Å². The second kappa shape index (κ2) is 14.5. The second-order valence-electron chi connectivity index (χ2n) is 9.00. The number of piperidine rings is 1. The Hall–Kier alpha value is -4.04. The van der Waals surface area contributed by atoms with Crippen LogP contribution < -0.4 is 0 Å². The number of carbonyl (C=O) groups excluding carboxylic acids is 1. The van der Waals surface area contributed by atoms with Crippen molar-refractivity contribution in [2.24, 2.45) is 5.92 Å². The molecule has 194 valence electrons. The molecule has 0 bridgehead atoms. The largest absolute Gasteiger partial charge is 0.473 e. The molecular formula is C29H33N3O5. The Morgan fingerprint density at radius 2 is 1.38 bits per heavy atom. The maximum absolute atomic E-state index is 13.5. The van der Waals surface area contributed by atoms with Crippen molar-refractivity contribution in [3.8, 4) is 0 Å². The Morgan fingerprint density at radius 1 is 0.811 bits per heavy atom. The number of hydrogen-bond acceptors (Lipinski definition) is 5. The maximum Gasteiger partial charge on any atom is 0.414 e. The number of nitrogens with zero attached hydrogens (tertiary/aromatic N) is 3. The molecule has 8 nitrogen and oxygen atoms in total. The molecular weight excluding hydrogens is 470 g/mol. The van der Waals surface area contributed by atoms with Gasteiger partial charge in [-0.3, -0.25) is 14.7 Å². The number of carboxylic acid groups (broad SMARTS) is 2. The predicted molar refractivity (Wildman–Crippen MR) is 140 cm³/mol. The zero-order valence-electron chi connectivity index (χ0n) is 20.8. The first-order chi connectivity index (χ1) is 17.9. The van der Waals surface area contributed by atoms with E-state index >= 15 is 0 Å². The molecule has 0 radical (unpaired) electrons. The summed E-state index contributed by atoms with van der Waals surface area (Å²) in [7, 11) is 0. The number of carbonyl (C=O) groups is 3. The Balaban J connectivity index is 0.000000568. The normalized spacial score (nSPS) is 13.7. The highest BCUT2D eigenvalue weighted by Gasteiger charge is 2.28. The first-order valence-corrected chi connectivity index (χ1v) is 12.4. The molecule has 2 heterocycles. The van der Waals surface area contributed by atoms with Gasteiger partial charge >= 0.3 is 11.9 Å². The molecule has 8 heteroatoms. The van der Waals surface area contributed by atoms with E-state index in [1.807, 2.05) is 42.7 Å². The summed E-state index contributed by atoms with van der Waals surface area (Å²) < 4.78 is 0. The van der Waals surface area contributed by atoms with Crippen LogP contribution in [0.2, 0.25) is 0 Å². The second-order valence-corrected chi connectivity index (χ2v) is 9.00. The topological polar surface area (TPSA) is 111 Å². The molecule has 1 fully saturated rings. The Morgan fingerprint density at radius 3 is 1.92 bits per heavy atom. The average Bonchev–Trinajstić information content (AvgIpc) is 2.93. The minimum absolute atomic E-state index is 0.115. The summed E-state index contributed by atoms with van der Waals surface area (Å²) in [5.74, 6) is -3.23. The molecule has 0 saturated carbocycles. The molecule has 1 saturated heterocycles. The highest BCUT2D eigenvalue weighted by molar-refractivity contribution is 6.27. The third-order valence-electron chi connectivity index (χ3n) is 6.29. The van der Waals surface area contributed by atoms with E-state index in [1.165, 1.54) is 16.7 Å². The fraction of sp³-hybridized carbons (Fsp3) is 0.310. The van der Waals surface area contributed by atoms with Gasteiger partial charge in [-0.25, -0.2) is 9.59 Å². The predicted octanol–water partition coefficient (Wildman–Crippen LogP) is 3.72. The highest BCUT2D eigenvalue weighted by atomic mass is 16.4. The summed E-state index contributed by atoms with van der Waals surface area (Å²) >= 11 is 0. The van der Waals surface area contributed by atoms with Crippen LogP contribution in [0.1, 0.15) is 29.5 Å². The number of amides is 1. The van der Waals surface area contributed by atoms with E-state index in [2.05, 4.69) is 57.2 Å².